The summed E-state index contributed by atoms with van der Waals surface area (Å²) in [4.78, 5) is 25.9. The summed E-state index contributed by atoms with van der Waals surface area (Å²) in [5.74, 6) is 0.247. The van der Waals surface area contributed by atoms with Gasteiger partial charge in [0, 0.05) is 19.1 Å². The van der Waals surface area contributed by atoms with Gasteiger partial charge in [-0.25, -0.2) is 0 Å². The van der Waals surface area contributed by atoms with E-state index in [2.05, 4.69) is 10.6 Å². The Hall–Kier alpha value is -1.79. The van der Waals surface area contributed by atoms with Crippen molar-refractivity contribution in [1.29, 1.82) is 0 Å². The van der Waals surface area contributed by atoms with E-state index in [1.54, 1.807) is 18.2 Å². The SMILES string of the molecule is CNC1CCCN(C(=O)c2cccc3c2OCC(=O)N3)C1.Cl. The molecule has 0 bridgehead atoms. The van der Waals surface area contributed by atoms with Crippen molar-refractivity contribution >= 4 is 29.9 Å². The molecule has 2 aliphatic heterocycles. The van der Waals surface area contributed by atoms with Crippen molar-refractivity contribution < 1.29 is 14.3 Å². The molecule has 0 aliphatic carbocycles. The topological polar surface area (TPSA) is 70.7 Å². The third kappa shape index (κ3) is 3.18. The average molecular weight is 326 g/mol. The number of hydrogen-bond donors (Lipinski definition) is 2. The lowest BCUT2D eigenvalue weighted by Crippen LogP contribution is -2.47. The number of carbonyl (C=O) groups excluding carboxylic acids is 2. The van der Waals surface area contributed by atoms with Crippen molar-refractivity contribution in [3.63, 3.8) is 0 Å². The average Bonchev–Trinajstić information content (AvgIpc) is 2.53. The van der Waals surface area contributed by atoms with Crippen LogP contribution in [0.1, 0.15) is 23.2 Å². The molecule has 1 aromatic rings. The number of piperidine rings is 1. The highest BCUT2D eigenvalue weighted by Crippen LogP contribution is 2.32. The Balaban J connectivity index is 0.00000176. The minimum atomic E-state index is -0.194. The van der Waals surface area contributed by atoms with Crippen LogP contribution in [0.15, 0.2) is 18.2 Å². The van der Waals surface area contributed by atoms with Gasteiger partial charge in [-0.2, -0.15) is 0 Å². The summed E-state index contributed by atoms with van der Waals surface area (Å²) >= 11 is 0. The van der Waals surface area contributed by atoms with Crippen molar-refractivity contribution in [2.24, 2.45) is 0 Å². The molecular weight excluding hydrogens is 306 g/mol. The largest absolute Gasteiger partial charge is 0.481 e. The van der Waals surface area contributed by atoms with E-state index in [1.165, 1.54) is 0 Å². The van der Waals surface area contributed by atoms with Crippen LogP contribution in [-0.2, 0) is 4.79 Å². The van der Waals surface area contributed by atoms with Crippen LogP contribution in [0.3, 0.4) is 0 Å². The summed E-state index contributed by atoms with van der Waals surface area (Å²) in [5.41, 5.74) is 1.09. The molecule has 0 aromatic heterocycles. The Kier molecular flexibility index (Phi) is 5.26. The lowest BCUT2D eigenvalue weighted by Gasteiger charge is -2.33. The molecule has 0 spiro atoms. The summed E-state index contributed by atoms with van der Waals surface area (Å²) in [7, 11) is 1.92. The van der Waals surface area contributed by atoms with E-state index in [9.17, 15) is 9.59 Å². The number of rotatable bonds is 2. The number of likely N-dealkylation sites (N-methyl/N-ethyl adjacent to an activating group) is 1. The predicted octanol–water partition coefficient (Wildman–Crippen LogP) is 1.26. The van der Waals surface area contributed by atoms with E-state index in [1.807, 2.05) is 11.9 Å². The normalized spacial score (nSPS) is 20.3. The minimum Gasteiger partial charge on any atom is -0.481 e. The van der Waals surface area contributed by atoms with Crippen molar-refractivity contribution in [2.45, 2.75) is 18.9 Å². The third-order valence-corrected chi connectivity index (χ3v) is 3.98. The number of nitrogens with zero attached hydrogens (tertiary/aromatic N) is 1. The van der Waals surface area contributed by atoms with Gasteiger partial charge >= 0.3 is 0 Å². The van der Waals surface area contributed by atoms with Crippen molar-refractivity contribution in [3.8, 4) is 5.75 Å². The molecular formula is C15H20ClN3O3. The zero-order valence-electron chi connectivity index (χ0n) is 12.4. The molecule has 0 radical (unpaired) electrons. The number of hydrogen-bond acceptors (Lipinski definition) is 4. The molecule has 6 nitrogen and oxygen atoms in total. The Morgan fingerprint density at radius 2 is 2.27 bits per heavy atom. The fraction of sp³-hybridized carbons (Fsp3) is 0.467. The molecule has 1 atom stereocenters. The number of nitrogens with one attached hydrogen (secondary N) is 2. The van der Waals surface area contributed by atoms with Gasteiger partial charge in [0.05, 0.1) is 11.3 Å². The maximum absolute atomic E-state index is 12.7. The maximum atomic E-state index is 12.7. The summed E-state index contributed by atoms with van der Waals surface area (Å²) in [5, 5.41) is 5.96. The van der Waals surface area contributed by atoms with Gasteiger partial charge in [-0.3, -0.25) is 9.59 Å². The molecule has 1 fully saturated rings. The van der Waals surface area contributed by atoms with Gasteiger partial charge in [0.25, 0.3) is 11.8 Å². The molecule has 120 valence electrons. The molecule has 2 aliphatic rings. The van der Waals surface area contributed by atoms with Crippen LogP contribution in [-0.4, -0.2) is 49.5 Å². The van der Waals surface area contributed by atoms with Crippen molar-refractivity contribution in [3.05, 3.63) is 23.8 Å². The number of para-hydroxylation sites is 1. The summed E-state index contributed by atoms with van der Waals surface area (Å²) in [6, 6.07) is 5.60. The lowest BCUT2D eigenvalue weighted by atomic mass is 10.0. The number of anilines is 1. The van der Waals surface area contributed by atoms with Crippen LogP contribution in [0, 0.1) is 0 Å². The van der Waals surface area contributed by atoms with Gasteiger partial charge in [-0.1, -0.05) is 6.07 Å². The monoisotopic (exact) mass is 325 g/mol. The standard InChI is InChI=1S/C15H19N3O3.ClH/c1-16-10-4-3-7-18(8-10)15(20)11-5-2-6-12-14(11)21-9-13(19)17-12;/h2,5-6,10,16H,3-4,7-9H2,1H3,(H,17,19);1H. The number of halogens is 1. The van der Waals surface area contributed by atoms with E-state index in [0.717, 1.165) is 19.4 Å². The molecule has 0 saturated carbocycles. The second-order valence-corrected chi connectivity index (χ2v) is 5.40. The second-order valence-electron chi connectivity index (χ2n) is 5.40. The van der Waals surface area contributed by atoms with Crippen molar-refractivity contribution in [2.75, 3.05) is 32.1 Å². The molecule has 2 N–H and O–H groups in total. The summed E-state index contributed by atoms with van der Waals surface area (Å²) in [6.45, 7) is 1.41. The molecule has 1 aromatic carbocycles. The quantitative estimate of drug-likeness (QED) is 0.859. The fourth-order valence-corrected chi connectivity index (χ4v) is 2.85. The van der Waals surface area contributed by atoms with Gasteiger partial charge in [0.15, 0.2) is 12.4 Å². The first kappa shape index (κ1) is 16.6. The van der Waals surface area contributed by atoms with Crippen LogP contribution >= 0.6 is 12.4 Å². The Labute approximate surface area is 135 Å². The van der Waals surface area contributed by atoms with Gasteiger partial charge in [-0.15, -0.1) is 12.4 Å². The van der Waals surface area contributed by atoms with Crippen LogP contribution in [0.25, 0.3) is 0 Å². The zero-order valence-corrected chi connectivity index (χ0v) is 13.2. The first-order valence-electron chi connectivity index (χ1n) is 7.21. The molecule has 22 heavy (non-hydrogen) atoms. The number of ether oxygens (including phenoxy) is 1. The third-order valence-electron chi connectivity index (χ3n) is 3.98. The van der Waals surface area contributed by atoms with Gasteiger partial charge in [0.2, 0.25) is 0 Å². The van der Waals surface area contributed by atoms with Crippen LogP contribution in [0.4, 0.5) is 5.69 Å². The molecule has 3 rings (SSSR count). The summed E-state index contributed by atoms with van der Waals surface area (Å²) in [6.07, 6.45) is 2.07. The highest BCUT2D eigenvalue weighted by atomic mass is 35.5. The smallest absolute Gasteiger partial charge is 0.262 e. The van der Waals surface area contributed by atoms with Crippen molar-refractivity contribution in [1.82, 2.24) is 10.2 Å². The Morgan fingerprint density at radius 1 is 1.45 bits per heavy atom. The van der Waals surface area contributed by atoms with Crippen LogP contribution < -0.4 is 15.4 Å². The van der Waals surface area contributed by atoms with Gasteiger partial charge in [0.1, 0.15) is 0 Å². The Bertz CT molecular complexity index is 579. The number of benzene rings is 1. The van der Waals surface area contributed by atoms with Crippen LogP contribution in [0.2, 0.25) is 0 Å². The first-order chi connectivity index (χ1) is 10.2. The first-order valence-corrected chi connectivity index (χ1v) is 7.21. The van der Waals surface area contributed by atoms with E-state index in [0.29, 0.717) is 29.6 Å². The van der Waals surface area contributed by atoms with E-state index < -0.39 is 0 Å². The zero-order chi connectivity index (χ0) is 14.8. The predicted molar refractivity (Wildman–Crippen MR) is 85.8 cm³/mol. The lowest BCUT2D eigenvalue weighted by molar-refractivity contribution is -0.118. The van der Waals surface area contributed by atoms with E-state index in [-0.39, 0.29) is 30.8 Å². The second kappa shape index (κ2) is 6.98. The molecule has 1 saturated heterocycles. The van der Waals surface area contributed by atoms with Crippen LogP contribution in [0.5, 0.6) is 5.75 Å². The molecule has 1 unspecified atom stereocenters. The summed E-state index contributed by atoms with van der Waals surface area (Å²) < 4.78 is 5.46. The highest BCUT2D eigenvalue weighted by Gasteiger charge is 2.28. The molecule has 2 heterocycles. The fourth-order valence-electron chi connectivity index (χ4n) is 2.85. The molecule has 2 amide bonds. The van der Waals surface area contributed by atoms with E-state index >= 15 is 0 Å². The molecule has 7 heteroatoms. The number of amides is 2. The van der Waals surface area contributed by atoms with Gasteiger partial charge in [-0.05, 0) is 32.0 Å². The highest BCUT2D eigenvalue weighted by molar-refractivity contribution is 6.03. The number of carbonyl (C=O) groups is 2. The maximum Gasteiger partial charge on any atom is 0.262 e. The van der Waals surface area contributed by atoms with E-state index in [4.69, 9.17) is 4.74 Å². The van der Waals surface area contributed by atoms with Gasteiger partial charge < -0.3 is 20.3 Å². The number of fused-ring (bicyclic) bond motifs is 1. The number of likely N-dealkylation sites (tertiary alicyclic amines) is 1. The minimum absolute atomic E-state index is 0. The Morgan fingerprint density at radius 3 is 3.05 bits per heavy atom.